The first-order valence-corrected chi connectivity index (χ1v) is 7.85. The highest BCUT2D eigenvalue weighted by molar-refractivity contribution is 5.00. The minimum Gasteiger partial charge on any atom is -0.444 e. The highest BCUT2D eigenvalue weighted by atomic mass is 16.5. The fraction of sp³-hybridized carbons (Fsp3) is 0.667. The molecule has 3 rings (SSSR count). The van der Waals surface area contributed by atoms with Crippen LogP contribution in [0, 0.1) is 0 Å². The lowest BCUT2D eigenvalue weighted by molar-refractivity contribution is -0.0393. The van der Waals surface area contributed by atoms with Crippen LogP contribution >= 0.6 is 0 Å². The van der Waals surface area contributed by atoms with Gasteiger partial charge in [0.2, 0.25) is 5.89 Å². The molecule has 2 aromatic rings. The lowest BCUT2D eigenvalue weighted by atomic mass is 10.2. The van der Waals surface area contributed by atoms with Crippen molar-refractivity contribution in [2.75, 3.05) is 19.7 Å². The Labute approximate surface area is 130 Å². The molecular weight excluding hydrogens is 282 g/mol. The number of aryl methyl sites for hydroxylation is 1. The first kappa shape index (κ1) is 15.2. The first-order chi connectivity index (χ1) is 10.7. The largest absolute Gasteiger partial charge is 0.444 e. The van der Waals surface area contributed by atoms with Crippen molar-refractivity contribution in [2.24, 2.45) is 0 Å². The van der Waals surface area contributed by atoms with E-state index in [-0.39, 0.29) is 6.10 Å². The molecule has 0 spiro atoms. The minimum absolute atomic E-state index is 0.0927. The molecule has 1 atom stereocenters. The molecule has 2 aromatic heterocycles. The molecule has 0 saturated carbocycles. The van der Waals surface area contributed by atoms with E-state index >= 15 is 0 Å². The number of hydrogen-bond acceptors (Lipinski definition) is 6. The second kappa shape index (κ2) is 6.58. The van der Waals surface area contributed by atoms with Gasteiger partial charge in [-0.3, -0.25) is 10.00 Å². The van der Waals surface area contributed by atoms with E-state index in [4.69, 9.17) is 9.15 Å². The molecule has 0 amide bonds. The smallest absolute Gasteiger partial charge is 0.208 e. The molecule has 1 saturated heterocycles. The first-order valence-electron chi connectivity index (χ1n) is 7.85. The summed E-state index contributed by atoms with van der Waals surface area (Å²) in [5.74, 6) is 3.68. The number of H-pyrrole nitrogens is 1. The summed E-state index contributed by atoms with van der Waals surface area (Å²) in [5.41, 5.74) is 0. The van der Waals surface area contributed by atoms with E-state index in [0.717, 1.165) is 42.8 Å². The molecule has 0 unspecified atom stereocenters. The minimum atomic E-state index is -0.0927. The van der Waals surface area contributed by atoms with Gasteiger partial charge >= 0.3 is 0 Å². The summed E-state index contributed by atoms with van der Waals surface area (Å²) < 4.78 is 11.6. The molecular formula is C15H23N5O2. The number of morpholine rings is 1. The Bertz CT molecular complexity index is 607. The van der Waals surface area contributed by atoms with Crippen molar-refractivity contribution in [3.8, 4) is 0 Å². The third kappa shape index (κ3) is 3.36. The molecule has 7 heteroatoms. The van der Waals surface area contributed by atoms with Gasteiger partial charge in [0.05, 0.1) is 19.3 Å². The molecule has 7 nitrogen and oxygen atoms in total. The van der Waals surface area contributed by atoms with Gasteiger partial charge < -0.3 is 9.15 Å². The van der Waals surface area contributed by atoms with Crippen molar-refractivity contribution in [1.82, 2.24) is 25.1 Å². The quantitative estimate of drug-likeness (QED) is 0.910. The molecule has 22 heavy (non-hydrogen) atoms. The van der Waals surface area contributed by atoms with Crippen LogP contribution in [0.4, 0.5) is 0 Å². The number of nitrogens with zero attached hydrogens (tertiary/aromatic N) is 4. The highest BCUT2D eigenvalue weighted by Gasteiger charge is 2.26. The molecule has 120 valence electrons. The van der Waals surface area contributed by atoms with Gasteiger partial charge in [0, 0.05) is 25.4 Å². The molecule has 1 aliphatic rings. The molecule has 0 radical (unpaired) electrons. The Morgan fingerprint density at radius 2 is 2.32 bits per heavy atom. The second-order valence-corrected chi connectivity index (χ2v) is 5.90. The molecule has 1 N–H and O–H groups in total. The molecule has 1 fully saturated rings. The van der Waals surface area contributed by atoms with Crippen molar-refractivity contribution in [3.05, 3.63) is 29.5 Å². The SMILES string of the molecule is CCc1nc([C@@H]2CN(Cc3ncc(C(C)C)o3)CCO2)n[nH]1. The van der Waals surface area contributed by atoms with Gasteiger partial charge in [0.25, 0.3) is 0 Å². The van der Waals surface area contributed by atoms with Gasteiger partial charge in [0.1, 0.15) is 17.7 Å². The zero-order valence-corrected chi connectivity index (χ0v) is 13.4. The predicted molar refractivity (Wildman–Crippen MR) is 80.3 cm³/mol. The molecule has 0 aromatic carbocycles. The Morgan fingerprint density at radius 1 is 1.45 bits per heavy atom. The number of hydrogen-bond donors (Lipinski definition) is 1. The summed E-state index contributed by atoms with van der Waals surface area (Å²) in [5, 5.41) is 7.20. The molecule has 3 heterocycles. The fourth-order valence-electron chi connectivity index (χ4n) is 2.47. The van der Waals surface area contributed by atoms with Gasteiger partial charge in [-0.1, -0.05) is 20.8 Å². The average molecular weight is 305 g/mol. The standard InChI is InChI=1S/C15H23N5O2/c1-4-13-17-15(19-18-13)12-8-20(5-6-21-12)9-14-16-7-11(22-14)10(2)3/h7,10,12H,4-6,8-9H2,1-3H3,(H,17,18,19)/t12-/m0/s1. The number of nitrogens with one attached hydrogen (secondary N) is 1. The summed E-state index contributed by atoms with van der Waals surface area (Å²) in [6, 6.07) is 0. The van der Waals surface area contributed by atoms with Gasteiger partial charge in [-0.2, -0.15) is 5.10 Å². The van der Waals surface area contributed by atoms with Crippen LogP contribution in [0.2, 0.25) is 0 Å². The average Bonchev–Trinajstić information content (AvgIpc) is 3.16. The Hall–Kier alpha value is -1.73. The van der Waals surface area contributed by atoms with E-state index in [0.29, 0.717) is 19.1 Å². The van der Waals surface area contributed by atoms with Crippen molar-refractivity contribution in [1.29, 1.82) is 0 Å². The van der Waals surface area contributed by atoms with Gasteiger partial charge in [-0.25, -0.2) is 9.97 Å². The topological polar surface area (TPSA) is 80.1 Å². The monoisotopic (exact) mass is 305 g/mol. The maximum absolute atomic E-state index is 5.80. The van der Waals surface area contributed by atoms with E-state index < -0.39 is 0 Å². The van der Waals surface area contributed by atoms with E-state index in [9.17, 15) is 0 Å². The van der Waals surface area contributed by atoms with Crippen molar-refractivity contribution in [3.63, 3.8) is 0 Å². The number of ether oxygens (including phenoxy) is 1. The van der Waals surface area contributed by atoms with Crippen LogP contribution in [-0.2, 0) is 17.7 Å². The zero-order valence-electron chi connectivity index (χ0n) is 13.4. The summed E-state index contributed by atoms with van der Waals surface area (Å²) in [7, 11) is 0. The second-order valence-electron chi connectivity index (χ2n) is 5.90. The maximum Gasteiger partial charge on any atom is 0.208 e. The number of oxazole rings is 1. The maximum atomic E-state index is 5.80. The number of aromatic amines is 1. The zero-order chi connectivity index (χ0) is 15.5. The van der Waals surface area contributed by atoms with E-state index in [2.05, 4.69) is 38.9 Å². The van der Waals surface area contributed by atoms with Gasteiger partial charge in [0.15, 0.2) is 5.82 Å². The lowest BCUT2D eigenvalue weighted by Gasteiger charge is -2.30. The van der Waals surface area contributed by atoms with Gasteiger partial charge in [-0.05, 0) is 0 Å². The molecule has 0 aliphatic carbocycles. The number of aromatic nitrogens is 4. The number of rotatable bonds is 5. The fourth-order valence-corrected chi connectivity index (χ4v) is 2.47. The van der Waals surface area contributed by atoms with Crippen molar-refractivity contribution in [2.45, 2.75) is 45.8 Å². The van der Waals surface area contributed by atoms with E-state index in [1.165, 1.54) is 0 Å². The van der Waals surface area contributed by atoms with E-state index in [1.807, 2.05) is 13.1 Å². The normalized spacial score (nSPS) is 19.9. The summed E-state index contributed by atoms with van der Waals surface area (Å²) in [4.78, 5) is 11.1. The Morgan fingerprint density at radius 3 is 3.00 bits per heavy atom. The van der Waals surface area contributed by atoms with Crippen LogP contribution in [0.25, 0.3) is 0 Å². The summed E-state index contributed by atoms with van der Waals surface area (Å²) in [6.45, 7) is 9.22. The van der Waals surface area contributed by atoms with Crippen LogP contribution in [-0.4, -0.2) is 44.8 Å². The molecule has 1 aliphatic heterocycles. The summed E-state index contributed by atoms with van der Waals surface area (Å²) in [6.07, 6.45) is 2.57. The third-order valence-electron chi connectivity index (χ3n) is 3.82. The predicted octanol–water partition coefficient (Wildman–Crippen LogP) is 2.05. The molecule has 0 bridgehead atoms. The van der Waals surface area contributed by atoms with Crippen LogP contribution in [0.3, 0.4) is 0 Å². The van der Waals surface area contributed by atoms with Crippen LogP contribution in [0.5, 0.6) is 0 Å². The Balaban J connectivity index is 1.62. The van der Waals surface area contributed by atoms with Crippen LogP contribution < -0.4 is 0 Å². The van der Waals surface area contributed by atoms with Crippen LogP contribution in [0.15, 0.2) is 10.6 Å². The highest BCUT2D eigenvalue weighted by Crippen LogP contribution is 2.21. The van der Waals surface area contributed by atoms with Crippen LogP contribution in [0.1, 0.15) is 56.1 Å². The van der Waals surface area contributed by atoms with Crippen molar-refractivity contribution >= 4 is 0 Å². The lowest BCUT2D eigenvalue weighted by Crippen LogP contribution is -2.38. The summed E-state index contributed by atoms with van der Waals surface area (Å²) >= 11 is 0. The van der Waals surface area contributed by atoms with Crippen molar-refractivity contribution < 1.29 is 9.15 Å². The Kier molecular flexibility index (Phi) is 4.54. The van der Waals surface area contributed by atoms with Gasteiger partial charge in [-0.15, -0.1) is 0 Å². The van der Waals surface area contributed by atoms with E-state index in [1.54, 1.807) is 0 Å². The third-order valence-corrected chi connectivity index (χ3v) is 3.82.